The highest BCUT2D eigenvalue weighted by atomic mass is 32.1. The first kappa shape index (κ1) is 16.5. The van der Waals surface area contributed by atoms with E-state index < -0.39 is 5.97 Å². The molecule has 1 aromatic carbocycles. The lowest BCUT2D eigenvalue weighted by Gasteiger charge is -2.07. The Labute approximate surface area is 153 Å². The predicted molar refractivity (Wildman–Crippen MR) is 98.9 cm³/mol. The number of amides is 1. The number of aromatic amines is 1. The Morgan fingerprint density at radius 2 is 2.15 bits per heavy atom. The fourth-order valence-electron chi connectivity index (χ4n) is 3.22. The number of fused-ring (bicyclic) bond motifs is 3. The summed E-state index contributed by atoms with van der Waals surface area (Å²) in [5.41, 5.74) is 7.72. The van der Waals surface area contributed by atoms with E-state index in [2.05, 4.69) is 39.1 Å². The number of nitrogens with zero attached hydrogens (tertiary/aromatic N) is 1. The van der Waals surface area contributed by atoms with Crippen LogP contribution in [-0.2, 0) is 22.6 Å². The van der Waals surface area contributed by atoms with Gasteiger partial charge in [0.15, 0.2) is 0 Å². The molecule has 3 aromatic rings. The number of rotatable bonds is 6. The lowest BCUT2D eigenvalue weighted by molar-refractivity contribution is -0.138. The molecule has 0 bridgehead atoms. The highest BCUT2D eigenvalue weighted by molar-refractivity contribution is 7.08. The van der Waals surface area contributed by atoms with Crippen LogP contribution in [0, 0.1) is 0 Å². The molecule has 0 atom stereocenters. The summed E-state index contributed by atoms with van der Waals surface area (Å²) in [6.45, 7) is 0.382. The van der Waals surface area contributed by atoms with Crippen LogP contribution in [0.15, 0.2) is 35.0 Å². The highest BCUT2D eigenvalue weighted by Gasteiger charge is 2.25. The topological polar surface area (TPSA) is 95.1 Å². The van der Waals surface area contributed by atoms with Crippen LogP contribution in [0.5, 0.6) is 0 Å². The summed E-state index contributed by atoms with van der Waals surface area (Å²) in [7, 11) is 0. The molecule has 1 aliphatic carbocycles. The van der Waals surface area contributed by atoms with Crippen LogP contribution >= 0.6 is 11.3 Å². The quantitative estimate of drug-likeness (QED) is 0.488. The van der Waals surface area contributed by atoms with Gasteiger partial charge in [0, 0.05) is 41.5 Å². The molecule has 6 nitrogen and oxygen atoms in total. The number of carbonyl (C=O) groups is 2. The van der Waals surface area contributed by atoms with E-state index in [9.17, 15) is 9.59 Å². The molecule has 0 saturated heterocycles. The Kier molecular flexibility index (Phi) is 4.30. The minimum Gasteiger partial charge on any atom is -0.481 e. The van der Waals surface area contributed by atoms with E-state index in [1.54, 1.807) is 11.3 Å². The average molecular weight is 367 g/mol. The van der Waals surface area contributed by atoms with Gasteiger partial charge in [-0.15, -0.1) is 0 Å². The molecule has 1 amide bonds. The summed E-state index contributed by atoms with van der Waals surface area (Å²) < 4.78 is 0. The van der Waals surface area contributed by atoms with Gasteiger partial charge in [0.25, 0.3) is 0 Å². The van der Waals surface area contributed by atoms with E-state index in [1.165, 1.54) is 11.1 Å². The fraction of sp³-hybridized carbons (Fsp3) is 0.211. The molecule has 132 valence electrons. The van der Waals surface area contributed by atoms with Gasteiger partial charge in [-0.25, -0.2) is 0 Å². The summed E-state index contributed by atoms with van der Waals surface area (Å²) in [6.07, 6.45) is 0.686. The average Bonchev–Trinajstić information content (AvgIpc) is 3.34. The maximum atomic E-state index is 11.7. The highest BCUT2D eigenvalue weighted by Crippen LogP contribution is 2.40. The Morgan fingerprint density at radius 3 is 2.92 bits per heavy atom. The Hall–Kier alpha value is -2.93. The number of carbonyl (C=O) groups excluding carboxylic acids is 1. The lowest BCUT2D eigenvalue weighted by atomic mass is 10.1. The number of aromatic nitrogens is 2. The van der Waals surface area contributed by atoms with Crippen LogP contribution in [0.4, 0.5) is 0 Å². The third-order valence-corrected chi connectivity index (χ3v) is 5.21. The van der Waals surface area contributed by atoms with Crippen molar-refractivity contribution in [3.8, 4) is 22.5 Å². The van der Waals surface area contributed by atoms with Gasteiger partial charge in [-0.2, -0.15) is 16.4 Å². The maximum absolute atomic E-state index is 11.7. The van der Waals surface area contributed by atoms with Crippen LogP contribution in [0.1, 0.15) is 29.5 Å². The number of nitrogens with one attached hydrogen (secondary N) is 2. The van der Waals surface area contributed by atoms with Crippen LogP contribution in [-0.4, -0.2) is 27.2 Å². The summed E-state index contributed by atoms with van der Waals surface area (Å²) in [6, 6.07) is 8.22. The molecule has 7 heteroatoms. The standard InChI is InChI=1S/C19H17N3O3S/c23-16(3-4-17(24)25)20-9-11-1-2-12-8-15-18(13-5-6-26-10-13)21-22-19(15)14(12)7-11/h1-2,5-7,10H,3-4,8-9H2,(H,20,23)(H,21,22)(H,24,25). The number of benzene rings is 1. The molecule has 0 radical (unpaired) electrons. The van der Waals surface area contributed by atoms with E-state index in [1.807, 2.05) is 11.4 Å². The molecule has 0 saturated carbocycles. The molecule has 0 unspecified atom stereocenters. The van der Waals surface area contributed by atoms with E-state index >= 15 is 0 Å². The molecule has 3 N–H and O–H groups in total. The largest absolute Gasteiger partial charge is 0.481 e. The van der Waals surface area contributed by atoms with Crippen molar-refractivity contribution in [2.45, 2.75) is 25.8 Å². The second kappa shape index (κ2) is 6.76. The van der Waals surface area contributed by atoms with Gasteiger partial charge in [-0.1, -0.05) is 12.1 Å². The first-order chi connectivity index (χ1) is 12.6. The number of aliphatic carboxylic acids is 1. The molecule has 0 fully saturated rings. The van der Waals surface area contributed by atoms with Gasteiger partial charge >= 0.3 is 5.97 Å². The van der Waals surface area contributed by atoms with Crippen molar-refractivity contribution < 1.29 is 14.7 Å². The summed E-state index contributed by atoms with van der Waals surface area (Å²) in [4.78, 5) is 22.2. The van der Waals surface area contributed by atoms with Crippen molar-refractivity contribution >= 4 is 23.2 Å². The number of hydrogen-bond acceptors (Lipinski definition) is 4. The third kappa shape index (κ3) is 3.13. The van der Waals surface area contributed by atoms with E-state index in [0.717, 1.165) is 34.5 Å². The van der Waals surface area contributed by atoms with Crippen molar-refractivity contribution in [1.29, 1.82) is 0 Å². The molecular weight excluding hydrogens is 350 g/mol. The van der Waals surface area contributed by atoms with Gasteiger partial charge < -0.3 is 10.4 Å². The molecule has 0 aliphatic heterocycles. The Bertz CT molecular complexity index is 976. The second-order valence-electron chi connectivity index (χ2n) is 6.28. The monoisotopic (exact) mass is 367 g/mol. The van der Waals surface area contributed by atoms with Crippen molar-refractivity contribution in [3.05, 3.63) is 51.7 Å². The minimum atomic E-state index is -0.967. The zero-order chi connectivity index (χ0) is 18.1. The first-order valence-corrected chi connectivity index (χ1v) is 9.26. The second-order valence-corrected chi connectivity index (χ2v) is 7.06. The van der Waals surface area contributed by atoms with Crippen molar-refractivity contribution in [2.24, 2.45) is 0 Å². The molecule has 2 aromatic heterocycles. The van der Waals surface area contributed by atoms with Crippen LogP contribution in [0.25, 0.3) is 22.5 Å². The number of hydrogen-bond donors (Lipinski definition) is 3. The van der Waals surface area contributed by atoms with E-state index in [0.29, 0.717) is 6.54 Å². The molecule has 1 aliphatic rings. The van der Waals surface area contributed by atoms with Crippen LogP contribution < -0.4 is 5.32 Å². The van der Waals surface area contributed by atoms with Crippen molar-refractivity contribution in [3.63, 3.8) is 0 Å². The van der Waals surface area contributed by atoms with E-state index in [-0.39, 0.29) is 18.7 Å². The summed E-state index contributed by atoms with van der Waals surface area (Å²) in [5.74, 6) is -1.22. The molecule has 2 heterocycles. The summed E-state index contributed by atoms with van der Waals surface area (Å²) in [5, 5.41) is 23.2. The zero-order valence-electron chi connectivity index (χ0n) is 13.9. The number of thiophene rings is 1. The van der Waals surface area contributed by atoms with Gasteiger partial charge in [0.1, 0.15) is 0 Å². The van der Waals surface area contributed by atoms with Crippen LogP contribution in [0.2, 0.25) is 0 Å². The zero-order valence-corrected chi connectivity index (χ0v) is 14.7. The fourth-order valence-corrected chi connectivity index (χ4v) is 3.86. The van der Waals surface area contributed by atoms with Crippen LogP contribution in [0.3, 0.4) is 0 Å². The van der Waals surface area contributed by atoms with E-state index in [4.69, 9.17) is 5.11 Å². The minimum absolute atomic E-state index is 0.00499. The number of carboxylic acid groups (broad SMARTS) is 1. The molecule has 4 rings (SSSR count). The normalized spacial score (nSPS) is 11.8. The molecule has 0 spiro atoms. The smallest absolute Gasteiger partial charge is 0.303 e. The van der Waals surface area contributed by atoms with Crippen molar-refractivity contribution in [2.75, 3.05) is 0 Å². The Morgan fingerprint density at radius 1 is 1.27 bits per heavy atom. The number of H-pyrrole nitrogens is 1. The number of carboxylic acids is 1. The molecular formula is C19H17N3O3S. The van der Waals surface area contributed by atoms with Gasteiger partial charge in [-0.3, -0.25) is 14.7 Å². The van der Waals surface area contributed by atoms with Gasteiger partial charge in [-0.05, 0) is 28.6 Å². The van der Waals surface area contributed by atoms with Gasteiger partial charge in [0.05, 0.1) is 17.8 Å². The molecule has 26 heavy (non-hydrogen) atoms. The lowest BCUT2D eigenvalue weighted by Crippen LogP contribution is -2.23. The predicted octanol–water partition coefficient (Wildman–Crippen LogP) is 3.19. The maximum Gasteiger partial charge on any atom is 0.303 e. The Balaban J connectivity index is 1.50. The van der Waals surface area contributed by atoms with Crippen molar-refractivity contribution in [1.82, 2.24) is 15.5 Å². The third-order valence-electron chi connectivity index (χ3n) is 4.53. The first-order valence-electron chi connectivity index (χ1n) is 8.32. The summed E-state index contributed by atoms with van der Waals surface area (Å²) >= 11 is 1.65. The SMILES string of the molecule is O=C(O)CCC(=O)NCc1ccc2c(c1)-c1[nH]nc(-c3ccsc3)c1C2. The van der Waals surface area contributed by atoms with Gasteiger partial charge in [0.2, 0.25) is 5.91 Å².